The van der Waals surface area contributed by atoms with Gasteiger partial charge in [-0.1, -0.05) is 12.1 Å². The van der Waals surface area contributed by atoms with Crippen LogP contribution in [0.4, 0.5) is 5.69 Å². The van der Waals surface area contributed by atoms with E-state index in [0.29, 0.717) is 10.5 Å². The van der Waals surface area contributed by atoms with Crippen molar-refractivity contribution in [2.45, 2.75) is 12.5 Å². The zero-order chi connectivity index (χ0) is 13.1. The summed E-state index contributed by atoms with van der Waals surface area (Å²) >= 11 is 0. The molecular weight excluding hydrogens is 224 g/mol. The Kier molecular flexibility index (Phi) is 3.80. The predicted octanol–water partition coefficient (Wildman–Crippen LogP) is 1.01. The Morgan fingerprint density at radius 1 is 1.41 bits per heavy atom. The second-order valence-corrected chi connectivity index (χ2v) is 3.68. The zero-order valence-corrected chi connectivity index (χ0v) is 9.97. The van der Waals surface area contributed by atoms with Crippen LogP contribution >= 0.6 is 0 Å². The van der Waals surface area contributed by atoms with E-state index < -0.39 is 11.5 Å². The lowest BCUT2D eigenvalue weighted by atomic mass is 9.93. The second-order valence-electron chi connectivity index (χ2n) is 3.68. The molecule has 1 aromatic carbocycles. The molecule has 1 unspecified atom stereocenters. The molecule has 6 heteroatoms. The van der Waals surface area contributed by atoms with Crippen LogP contribution in [0.5, 0.6) is 0 Å². The highest BCUT2D eigenvalue weighted by Crippen LogP contribution is 2.23. The van der Waals surface area contributed by atoms with Crippen LogP contribution in [-0.2, 0) is 19.9 Å². The first-order valence-electron chi connectivity index (χ1n) is 4.92. The molecule has 17 heavy (non-hydrogen) atoms. The maximum absolute atomic E-state index is 11.5. The number of methoxy groups -OCH3 is 1. The van der Waals surface area contributed by atoms with E-state index in [0.717, 1.165) is 0 Å². The van der Waals surface area contributed by atoms with E-state index in [1.165, 1.54) is 27.2 Å². The summed E-state index contributed by atoms with van der Waals surface area (Å²) in [6.07, 6.45) is 0. The van der Waals surface area contributed by atoms with Crippen LogP contribution in [0.2, 0.25) is 0 Å². The number of carbonyl (C=O) groups is 1. The Balaban J connectivity index is 3.15. The van der Waals surface area contributed by atoms with Gasteiger partial charge >= 0.3 is 11.7 Å². The summed E-state index contributed by atoms with van der Waals surface area (Å²) in [6.45, 7) is 1.51. The van der Waals surface area contributed by atoms with Gasteiger partial charge in [0, 0.05) is 12.1 Å². The van der Waals surface area contributed by atoms with E-state index in [4.69, 9.17) is 5.73 Å². The Bertz CT molecular complexity index is 443. The largest absolute Gasteiger partial charge is 0.467 e. The number of benzene rings is 1. The molecule has 0 amide bonds. The van der Waals surface area contributed by atoms with Crippen LogP contribution < -0.4 is 5.73 Å². The van der Waals surface area contributed by atoms with Gasteiger partial charge in [0.15, 0.2) is 7.11 Å². The van der Waals surface area contributed by atoms with Gasteiger partial charge < -0.3 is 10.5 Å². The summed E-state index contributed by atoms with van der Waals surface area (Å²) in [7, 11) is 2.51. The lowest BCUT2D eigenvalue weighted by molar-refractivity contribution is -0.736. The molecule has 0 aromatic heterocycles. The number of ether oxygens (including phenoxy) is 1. The molecule has 1 atom stereocenters. The maximum Gasteiger partial charge on any atom is 0.330 e. The first-order chi connectivity index (χ1) is 7.93. The highest BCUT2D eigenvalue weighted by molar-refractivity contribution is 5.81. The molecule has 0 aliphatic heterocycles. The monoisotopic (exact) mass is 239 g/mol. The standard InChI is InChI=1S/C11H15N2O4/c1-11(12,10(14)16-2)8-5-4-6-9(7-8)13(15)17-3/h4-7H,12H2,1-3H3/q+1. The van der Waals surface area contributed by atoms with Crippen LogP contribution in [0, 0.1) is 4.91 Å². The minimum atomic E-state index is -1.31. The summed E-state index contributed by atoms with van der Waals surface area (Å²) in [5.74, 6) is -0.579. The lowest BCUT2D eigenvalue weighted by Crippen LogP contribution is -2.42. The van der Waals surface area contributed by atoms with E-state index in [9.17, 15) is 9.70 Å². The molecule has 92 valence electrons. The first-order valence-corrected chi connectivity index (χ1v) is 4.92. The molecular formula is C11H15N2O4+. The molecule has 1 rings (SSSR count). The van der Waals surface area contributed by atoms with E-state index in [1.54, 1.807) is 18.2 Å². The Labute approximate surface area is 98.8 Å². The van der Waals surface area contributed by atoms with Crippen LogP contribution in [0.3, 0.4) is 0 Å². The summed E-state index contributed by atoms with van der Waals surface area (Å²) in [5, 5.41) is 0. The zero-order valence-electron chi connectivity index (χ0n) is 9.97. The minimum absolute atomic E-state index is 0.255. The van der Waals surface area contributed by atoms with Gasteiger partial charge in [0.1, 0.15) is 5.54 Å². The number of carbonyl (C=O) groups excluding carboxylic acids is 1. The van der Waals surface area contributed by atoms with Crippen LogP contribution in [-0.4, -0.2) is 25.1 Å². The van der Waals surface area contributed by atoms with Crippen molar-refractivity contribution in [3.63, 3.8) is 0 Å². The number of esters is 1. The summed E-state index contributed by atoms with van der Waals surface area (Å²) in [4.78, 5) is 27.6. The third-order valence-corrected chi connectivity index (χ3v) is 2.43. The number of nitrogens with zero attached hydrogens (tertiary/aromatic N) is 1. The van der Waals surface area contributed by atoms with E-state index in [2.05, 4.69) is 9.57 Å². The van der Waals surface area contributed by atoms with Crippen molar-refractivity contribution < 1.29 is 19.3 Å². The van der Waals surface area contributed by atoms with Crippen molar-refractivity contribution in [1.29, 1.82) is 0 Å². The fourth-order valence-electron chi connectivity index (χ4n) is 1.38. The Morgan fingerprint density at radius 2 is 2.06 bits per heavy atom. The van der Waals surface area contributed by atoms with Crippen LogP contribution in [0.25, 0.3) is 0 Å². The van der Waals surface area contributed by atoms with Crippen LogP contribution in [0.1, 0.15) is 12.5 Å². The SMILES string of the molecule is COC(=O)C(C)(N)c1cccc([N+](=O)OC)c1. The molecule has 6 nitrogen and oxygen atoms in total. The molecule has 0 saturated heterocycles. The van der Waals surface area contributed by atoms with Crippen molar-refractivity contribution in [3.8, 4) is 0 Å². The van der Waals surface area contributed by atoms with Crippen molar-refractivity contribution in [2.24, 2.45) is 5.73 Å². The highest BCUT2D eigenvalue weighted by atomic mass is 16.8. The van der Waals surface area contributed by atoms with Crippen LogP contribution in [0.15, 0.2) is 24.3 Å². The molecule has 0 spiro atoms. The molecule has 1 aromatic rings. The molecule has 0 saturated carbocycles. The number of hydrogen-bond donors (Lipinski definition) is 1. The Morgan fingerprint density at radius 3 is 2.59 bits per heavy atom. The summed E-state index contributed by atoms with van der Waals surface area (Å²) in [5.41, 5.74) is 5.29. The average Bonchev–Trinajstić information content (AvgIpc) is 2.36. The fourth-order valence-corrected chi connectivity index (χ4v) is 1.38. The molecule has 0 aliphatic carbocycles. The number of nitrogens with two attached hydrogens (primary N) is 1. The number of rotatable bonds is 4. The van der Waals surface area contributed by atoms with E-state index in [1.807, 2.05) is 0 Å². The second kappa shape index (κ2) is 4.92. The van der Waals surface area contributed by atoms with Gasteiger partial charge in [-0.25, -0.2) is 9.63 Å². The Hall–Kier alpha value is -1.95. The van der Waals surface area contributed by atoms with Gasteiger partial charge in [-0.05, 0) is 12.5 Å². The van der Waals surface area contributed by atoms with E-state index >= 15 is 0 Å². The topological polar surface area (TPSA) is 81.6 Å². The molecule has 0 fully saturated rings. The third-order valence-electron chi connectivity index (χ3n) is 2.43. The van der Waals surface area contributed by atoms with Gasteiger partial charge in [0.05, 0.1) is 12.0 Å². The van der Waals surface area contributed by atoms with Crippen molar-refractivity contribution >= 4 is 11.7 Å². The molecule has 2 N–H and O–H groups in total. The van der Waals surface area contributed by atoms with Crippen molar-refractivity contribution in [3.05, 3.63) is 34.7 Å². The molecule has 0 heterocycles. The predicted molar refractivity (Wildman–Crippen MR) is 60.3 cm³/mol. The highest BCUT2D eigenvalue weighted by Gasteiger charge is 2.33. The lowest BCUT2D eigenvalue weighted by Gasteiger charge is -2.21. The first kappa shape index (κ1) is 13.1. The maximum atomic E-state index is 11.5. The molecule has 0 aliphatic rings. The van der Waals surface area contributed by atoms with Gasteiger partial charge in [-0.15, -0.1) is 0 Å². The summed E-state index contributed by atoms with van der Waals surface area (Å²) in [6, 6.07) is 6.29. The van der Waals surface area contributed by atoms with Crippen molar-refractivity contribution in [1.82, 2.24) is 0 Å². The van der Waals surface area contributed by atoms with Gasteiger partial charge in [-0.3, -0.25) is 0 Å². The fraction of sp³-hybridized carbons (Fsp3) is 0.364. The molecule has 0 bridgehead atoms. The third kappa shape index (κ3) is 2.59. The van der Waals surface area contributed by atoms with E-state index in [-0.39, 0.29) is 5.69 Å². The normalized spacial score (nSPS) is 13.6. The van der Waals surface area contributed by atoms with Gasteiger partial charge in [0.25, 0.3) is 4.92 Å². The summed E-state index contributed by atoms with van der Waals surface area (Å²) < 4.78 is 4.61. The quantitative estimate of drug-likeness (QED) is 0.626. The van der Waals surface area contributed by atoms with Gasteiger partial charge in [0.2, 0.25) is 0 Å². The average molecular weight is 239 g/mol. The molecule has 0 radical (unpaired) electrons. The van der Waals surface area contributed by atoms with Crippen molar-refractivity contribution in [2.75, 3.05) is 14.2 Å². The van der Waals surface area contributed by atoms with Gasteiger partial charge in [-0.2, -0.15) is 0 Å². The smallest absolute Gasteiger partial charge is 0.330 e. The minimum Gasteiger partial charge on any atom is -0.467 e. The number of hydrogen-bond acceptors (Lipinski definition) is 5.